The molecule has 6 heteroatoms. The molecule has 1 saturated heterocycles. The molecule has 2 atom stereocenters. The van der Waals surface area contributed by atoms with Gasteiger partial charge < -0.3 is 19.7 Å². The Kier molecular flexibility index (Phi) is 3.56. The molecule has 0 amide bonds. The van der Waals surface area contributed by atoms with Crippen LogP contribution in [0.5, 0.6) is 0 Å². The molecular formula is C13H21N3O3. The Morgan fingerprint density at radius 3 is 2.79 bits per heavy atom. The lowest BCUT2D eigenvalue weighted by Crippen LogP contribution is -2.29. The average Bonchev–Trinajstić information content (AvgIpc) is 3.08. The summed E-state index contributed by atoms with van der Waals surface area (Å²) in [5.74, 6) is 1.29. The molecule has 0 radical (unpaired) electrons. The topological polar surface area (TPSA) is 83.4 Å². The van der Waals surface area contributed by atoms with Crippen LogP contribution in [0.25, 0.3) is 0 Å². The van der Waals surface area contributed by atoms with E-state index >= 15 is 0 Å². The zero-order valence-electron chi connectivity index (χ0n) is 11.3. The van der Waals surface area contributed by atoms with Crippen LogP contribution in [0, 0.1) is 0 Å². The molecule has 1 aliphatic heterocycles. The molecule has 1 aromatic rings. The lowest BCUT2D eigenvalue weighted by molar-refractivity contribution is -0.0469. The smallest absolute Gasteiger partial charge is 0.233 e. The van der Waals surface area contributed by atoms with E-state index in [1.54, 1.807) is 0 Å². The minimum Gasteiger partial charge on any atom is -0.379 e. The number of nitrogens with zero attached hydrogens (tertiary/aromatic N) is 2. The maximum Gasteiger partial charge on any atom is 0.233 e. The molecule has 2 fully saturated rings. The maximum absolute atomic E-state index is 5.98. The van der Waals surface area contributed by atoms with Crippen molar-refractivity contribution >= 4 is 0 Å². The van der Waals surface area contributed by atoms with Gasteiger partial charge in [0.05, 0.1) is 19.1 Å². The van der Waals surface area contributed by atoms with E-state index in [0.717, 1.165) is 25.7 Å². The molecule has 6 nitrogen and oxygen atoms in total. The van der Waals surface area contributed by atoms with Crippen LogP contribution in [-0.4, -0.2) is 36.0 Å². The van der Waals surface area contributed by atoms with Crippen molar-refractivity contribution in [2.45, 2.75) is 50.2 Å². The first-order chi connectivity index (χ1) is 9.25. The Morgan fingerprint density at radius 2 is 2.16 bits per heavy atom. The second-order valence-corrected chi connectivity index (χ2v) is 5.40. The minimum absolute atomic E-state index is 0.0151. The third-order valence-electron chi connectivity index (χ3n) is 4.12. The van der Waals surface area contributed by atoms with Gasteiger partial charge in [0.15, 0.2) is 0 Å². The van der Waals surface area contributed by atoms with Crippen LogP contribution in [0.15, 0.2) is 4.52 Å². The first-order valence-corrected chi connectivity index (χ1v) is 7.06. The van der Waals surface area contributed by atoms with E-state index < -0.39 is 0 Å². The van der Waals surface area contributed by atoms with Gasteiger partial charge in [-0.05, 0) is 32.6 Å². The summed E-state index contributed by atoms with van der Waals surface area (Å²) in [5, 5.41) is 4.15. The predicted octanol–water partition coefficient (Wildman–Crippen LogP) is 1.32. The molecule has 1 saturated carbocycles. The average molecular weight is 267 g/mol. The van der Waals surface area contributed by atoms with Gasteiger partial charge >= 0.3 is 0 Å². The molecule has 19 heavy (non-hydrogen) atoms. The van der Waals surface area contributed by atoms with Crippen LogP contribution in [0.2, 0.25) is 0 Å². The van der Waals surface area contributed by atoms with E-state index in [1.165, 1.54) is 0 Å². The molecule has 0 aromatic carbocycles. The monoisotopic (exact) mass is 267 g/mol. The van der Waals surface area contributed by atoms with Gasteiger partial charge in [0.2, 0.25) is 11.7 Å². The Hall–Kier alpha value is -0.980. The number of nitrogens with two attached hydrogens (primary N) is 1. The van der Waals surface area contributed by atoms with Crippen molar-refractivity contribution < 1.29 is 14.0 Å². The van der Waals surface area contributed by atoms with E-state index in [-0.39, 0.29) is 17.6 Å². The number of rotatable bonds is 4. The van der Waals surface area contributed by atoms with Crippen molar-refractivity contribution in [3.8, 4) is 0 Å². The largest absolute Gasteiger partial charge is 0.379 e. The zero-order valence-corrected chi connectivity index (χ0v) is 11.3. The minimum atomic E-state index is -0.347. The number of aromatic nitrogens is 2. The highest BCUT2D eigenvalue weighted by Gasteiger charge is 2.42. The van der Waals surface area contributed by atoms with Crippen LogP contribution in [-0.2, 0) is 15.1 Å². The van der Waals surface area contributed by atoms with Gasteiger partial charge in [-0.2, -0.15) is 4.98 Å². The molecule has 2 unspecified atom stereocenters. The fourth-order valence-corrected chi connectivity index (χ4v) is 3.05. The van der Waals surface area contributed by atoms with Gasteiger partial charge in [-0.1, -0.05) is 5.16 Å². The van der Waals surface area contributed by atoms with Crippen molar-refractivity contribution in [1.82, 2.24) is 10.1 Å². The number of hydrogen-bond acceptors (Lipinski definition) is 6. The summed E-state index contributed by atoms with van der Waals surface area (Å²) in [5.41, 5.74) is 5.63. The molecular weight excluding hydrogens is 246 g/mol. The van der Waals surface area contributed by atoms with Gasteiger partial charge in [-0.3, -0.25) is 0 Å². The van der Waals surface area contributed by atoms with E-state index in [9.17, 15) is 0 Å². The predicted molar refractivity (Wildman–Crippen MR) is 67.6 cm³/mol. The molecule has 3 rings (SSSR count). The summed E-state index contributed by atoms with van der Waals surface area (Å²) >= 11 is 0. The normalized spacial score (nSPS) is 30.0. The number of hydrogen-bond donors (Lipinski definition) is 1. The first kappa shape index (κ1) is 13.0. The summed E-state index contributed by atoms with van der Waals surface area (Å²) in [6, 6.07) is -0.0556. The van der Waals surface area contributed by atoms with Crippen molar-refractivity contribution in [1.29, 1.82) is 0 Å². The van der Waals surface area contributed by atoms with Crippen molar-refractivity contribution in [2.24, 2.45) is 5.73 Å². The first-order valence-electron chi connectivity index (χ1n) is 7.06. The summed E-state index contributed by atoms with van der Waals surface area (Å²) in [7, 11) is 0. The highest BCUT2D eigenvalue weighted by molar-refractivity contribution is 5.08. The summed E-state index contributed by atoms with van der Waals surface area (Å²) < 4.78 is 16.7. The van der Waals surface area contributed by atoms with E-state index in [1.807, 2.05) is 6.92 Å². The van der Waals surface area contributed by atoms with Crippen molar-refractivity contribution in [3.63, 3.8) is 0 Å². The van der Waals surface area contributed by atoms with E-state index in [2.05, 4.69) is 10.1 Å². The number of ether oxygens (including phenoxy) is 2. The molecule has 2 N–H and O–H groups in total. The quantitative estimate of drug-likeness (QED) is 0.885. The Balaban J connectivity index is 1.83. The van der Waals surface area contributed by atoms with E-state index in [0.29, 0.717) is 31.5 Å². The van der Waals surface area contributed by atoms with Crippen LogP contribution >= 0.6 is 0 Å². The fraction of sp³-hybridized carbons (Fsp3) is 0.846. The molecule has 1 aliphatic carbocycles. The van der Waals surface area contributed by atoms with Gasteiger partial charge in [0.1, 0.15) is 5.60 Å². The van der Waals surface area contributed by atoms with Crippen LogP contribution in [0.4, 0.5) is 0 Å². The van der Waals surface area contributed by atoms with Gasteiger partial charge in [-0.15, -0.1) is 0 Å². The van der Waals surface area contributed by atoms with Crippen molar-refractivity contribution in [2.75, 3.05) is 19.8 Å². The summed E-state index contributed by atoms with van der Waals surface area (Å²) in [6.45, 7) is 3.78. The molecule has 2 aliphatic rings. The molecule has 2 heterocycles. The van der Waals surface area contributed by atoms with Crippen LogP contribution in [0.3, 0.4) is 0 Å². The second kappa shape index (κ2) is 5.19. The highest BCUT2D eigenvalue weighted by Crippen LogP contribution is 2.41. The highest BCUT2D eigenvalue weighted by atomic mass is 16.5. The standard InChI is InChI=1S/C13H21N3O3/c1-2-18-13(5-3-4-6-13)12-15-11(19-16-12)9-7-17-8-10(9)14/h9-10H,2-8,14H2,1H3. The molecule has 0 bridgehead atoms. The Bertz CT molecular complexity index is 429. The van der Waals surface area contributed by atoms with Gasteiger partial charge in [-0.25, -0.2) is 0 Å². The SMILES string of the molecule is CCOC1(c2noc(C3COCC3N)n2)CCCC1. The fourth-order valence-electron chi connectivity index (χ4n) is 3.05. The summed E-state index contributed by atoms with van der Waals surface area (Å²) in [6.07, 6.45) is 4.23. The third kappa shape index (κ3) is 2.28. The van der Waals surface area contributed by atoms with Crippen molar-refractivity contribution in [3.05, 3.63) is 11.7 Å². The zero-order chi connectivity index (χ0) is 13.3. The van der Waals surface area contributed by atoms with E-state index in [4.69, 9.17) is 19.7 Å². The third-order valence-corrected chi connectivity index (χ3v) is 4.12. The van der Waals surface area contributed by atoms with Gasteiger partial charge in [0, 0.05) is 12.6 Å². The molecule has 0 spiro atoms. The second-order valence-electron chi connectivity index (χ2n) is 5.40. The lowest BCUT2D eigenvalue weighted by Gasteiger charge is -2.24. The maximum atomic E-state index is 5.98. The lowest BCUT2D eigenvalue weighted by atomic mass is 10.0. The molecule has 1 aromatic heterocycles. The van der Waals surface area contributed by atoms with Crippen LogP contribution in [0.1, 0.15) is 50.2 Å². The Labute approximate surface area is 112 Å². The van der Waals surface area contributed by atoms with Crippen LogP contribution < -0.4 is 5.73 Å². The van der Waals surface area contributed by atoms with Gasteiger partial charge in [0.25, 0.3) is 0 Å². The Morgan fingerprint density at radius 1 is 1.37 bits per heavy atom. The summed E-state index contributed by atoms with van der Waals surface area (Å²) in [4.78, 5) is 4.55. The molecule has 106 valence electrons.